The van der Waals surface area contributed by atoms with Crippen molar-refractivity contribution in [1.82, 2.24) is 9.97 Å². The van der Waals surface area contributed by atoms with Crippen LogP contribution in [0, 0.1) is 0 Å². The standard InChI is InChI=1S/C14H11ClN4OS/c15-8-5-6-12(9(7-8)13(16)19-20)21-14-17-10-3-1-2-4-11(10)18-14/h1-7,20H,(H2,16,19)(H,17,18). The van der Waals surface area contributed by atoms with Crippen molar-refractivity contribution < 1.29 is 5.21 Å². The van der Waals surface area contributed by atoms with Crippen molar-refractivity contribution >= 4 is 40.2 Å². The van der Waals surface area contributed by atoms with E-state index in [0.717, 1.165) is 21.1 Å². The van der Waals surface area contributed by atoms with Gasteiger partial charge in [-0.3, -0.25) is 0 Å². The van der Waals surface area contributed by atoms with Crippen LogP contribution in [0.5, 0.6) is 0 Å². The fourth-order valence-electron chi connectivity index (χ4n) is 1.93. The maximum absolute atomic E-state index is 8.87. The Morgan fingerprint density at radius 3 is 2.86 bits per heavy atom. The minimum Gasteiger partial charge on any atom is -0.409 e. The molecule has 0 aliphatic rings. The Balaban J connectivity index is 2.01. The molecule has 0 aliphatic carbocycles. The van der Waals surface area contributed by atoms with Crippen molar-refractivity contribution in [2.75, 3.05) is 0 Å². The van der Waals surface area contributed by atoms with Gasteiger partial charge in [0.15, 0.2) is 11.0 Å². The van der Waals surface area contributed by atoms with Gasteiger partial charge in [0.05, 0.1) is 11.0 Å². The van der Waals surface area contributed by atoms with Gasteiger partial charge in [0.1, 0.15) is 0 Å². The van der Waals surface area contributed by atoms with Gasteiger partial charge in [0.2, 0.25) is 0 Å². The molecule has 4 N–H and O–H groups in total. The number of rotatable bonds is 3. The minimum absolute atomic E-state index is 0.0103. The molecule has 0 atom stereocenters. The van der Waals surface area contributed by atoms with Crippen molar-refractivity contribution in [2.45, 2.75) is 10.1 Å². The van der Waals surface area contributed by atoms with Gasteiger partial charge in [0.25, 0.3) is 0 Å². The number of aromatic nitrogens is 2. The molecule has 5 nitrogen and oxygen atoms in total. The highest BCUT2D eigenvalue weighted by atomic mass is 35.5. The number of fused-ring (bicyclic) bond motifs is 1. The average Bonchev–Trinajstić information content (AvgIpc) is 2.90. The maximum atomic E-state index is 8.87. The highest BCUT2D eigenvalue weighted by molar-refractivity contribution is 7.99. The molecule has 1 aromatic heterocycles. The number of para-hydroxylation sites is 2. The Bertz CT molecular complexity index is 798. The molecule has 0 spiro atoms. The summed E-state index contributed by atoms with van der Waals surface area (Å²) in [5.41, 5.74) is 8.10. The van der Waals surface area contributed by atoms with Gasteiger partial charge in [-0.25, -0.2) is 4.98 Å². The van der Waals surface area contributed by atoms with Crippen LogP contribution in [0.1, 0.15) is 5.56 Å². The summed E-state index contributed by atoms with van der Waals surface area (Å²) >= 11 is 7.36. The zero-order valence-corrected chi connectivity index (χ0v) is 12.3. The summed E-state index contributed by atoms with van der Waals surface area (Å²) in [7, 11) is 0. The van der Waals surface area contributed by atoms with Gasteiger partial charge in [-0.1, -0.05) is 40.7 Å². The zero-order chi connectivity index (χ0) is 14.8. The van der Waals surface area contributed by atoms with E-state index in [0.29, 0.717) is 10.6 Å². The Morgan fingerprint density at radius 1 is 1.29 bits per heavy atom. The van der Waals surface area contributed by atoms with Crippen LogP contribution in [0.25, 0.3) is 11.0 Å². The van der Waals surface area contributed by atoms with Crippen LogP contribution in [0.2, 0.25) is 5.02 Å². The van der Waals surface area contributed by atoms with E-state index in [4.69, 9.17) is 22.5 Å². The third-order valence-electron chi connectivity index (χ3n) is 2.90. The predicted molar refractivity (Wildman–Crippen MR) is 84.2 cm³/mol. The summed E-state index contributed by atoms with van der Waals surface area (Å²) in [6.07, 6.45) is 0. The van der Waals surface area contributed by atoms with Gasteiger partial charge >= 0.3 is 0 Å². The molecule has 3 aromatic rings. The average molecular weight is 319 g/mol. The summed E-state index contributed by atoms with van der Waals surface area (Å²) in [6, 6.07) is 13.0. The number of halogens is 1. The minimum atomic E-state index is 0.0103. The number of benzene rings is 2. The van der Waals surface area contributed by atoms with Gasteiger partial charge in [-0.15, -0.1) is 0 Å². The molecule has 1 heterocycles. The molecule has 0 saturated heterocycles. The lowest BCUT2D eigenvalue weighted by Gasteiger charge is -2.06. The Hall–Kier alpha value is -2.18. The van der Waals surface area contributed by atoms with Crippen LogP contribution in [0.3, 0.4) is 0 Å². The van der Waals surface area contributed by atoms with Crippen molar-refractivity contribution in [3.63, 3.8) is 0 Å². The van der Waals surface area contributed by atoms with Crippen molar-refractivity contribution in [3.05, 3.63) is 53.1 Å². The fourth-order valence-corrected chi connectivity index (χ4v) is 3.02. The molecule has 0 unspecified atom stereocenters. The number of nitrogens with one attached hydrogen (secondary N) is 1. The van der Waals surface area contributed by atoms with Crippen molar-refractivity contribution in [3.8, 4) is 0 Å². The second kappa shape index (κ2) is 5.67. The number of hydrogen-bond acceptors (Lipinski definition) is 4. The van der Waals surface area contributed by atoms with E-state index in [1.165, 1.54) is 11.8 Å². The van der Waals surface area contributed by atoms with Crippen LogP contribution in [-0.2, 0) is 0 Å². The Morgan fingerprint density at radius 2 is 2.10 bits per heavy atom. The third kappa shape index (κ3) is 2.81. The number of H-pyrrole nitrogens is 1. The first-order valence-corrected chi connectivity index (χ1v) is 7.27. The topological polar surface area (TPSA) is 87.3 Å². The number of imidazole rings is 1. The highest BCUT2D eigenvalue weighted by Gasteiger charge is 2.12. The molecule has 0 fully saturated rings. The second-order valence-corrected chi connectivity index (χ2v) is 5.75. The largest absolute Gasteiger partial charge is 0.409 e. The number of oxime groups is 1. The van der Waals surface area contributed by atoms with E-state index >= 15 is 0 Å². The van der Waals surface area contributed by atoms with Crippen LogP contribution >= 0.6 is 23.4 Å². The first-order valence-electron chi connectivity index (χ1n) is 6.07. The van der Waals surface area contributed by atoms with Gasteiger partial charge in [-0.05, 0) is 30.3 Å². The molecule has 7 heteroatoms. The fraction of sp³-hybridized carbons (Fsp3) is 0. The summed E-state index contributed by atoms with van der Waals surface area (Å²) < 4.78 is 0. The lowest BCUT2D eigenvalue weighted by atomic mass is 10.2. The molecular weight excluding hydrogens is 308 g/mol. The summed E-state index contributed by atoms with van der Waals surface area (Å²) in [4.78, 5) is 8.51. The summed E-state index contributed by atoms with van der Waals surface area (Å²) in [5, 5.41) is 13.2. The highest BCUT2D eigenvalue weighted by Crippen LogP contribution is 2.31. The number of nitrogens with zero attached hydrogens (tertiary/aromatic N) is 2. The number of hydrogen-bond donors (Lipinski definition) is 3. The summed E-state index contributed by atoms with van der Waals surface area (Å²) in [5.74, 6) is 0.0103. The molecule has 0 amide bonds. The zero-order valence-electron chi connectivity index (χ0n) is 10.7. The van der Waals surface area contributed by atoms with Gasteiger partial charge in [-0.2, -0.15) is 0 Å². The molecule has 0 saturated carbocycles. The smallest absolute Gasteiger partial charge is 0.171 e. The van der Waals surface area contributed by atoms with Crippen molar-refractivity contribution in [1.29, 1.82) is 0 Å². The quantitative estimate of drug-likeness (QED) is 0.299. The lowest BCUT2D eigenvalue weighted by molar-refractivity contribution is 0.318. The Kier molecular flexibility index (Phi) is 3.72. The van der Waals surface area contributed by atoms with Crippen molar-refractivity contribution in [2.24, 2.45) is 10.9 Å². The summed E-state index contributed by atoms with van der Waals surface area (Å²) in [6.45, 7) is 0. The van der Waals surface area contributed by atoms with E-state index in [9.17, 15) is 0 Å². The predicted octanol–water partition coefficient (Wildman–Crippen LogP) is 3.46. The van der Waals surface area contributed by atoms with Gasteiger partial charge < -0.3 is 15.9 Å². The molecule has 0 aliphatic heterocycles. The SMILES string of the molecule is NC(=NO)c1cc(Cl)ccc1Sc1nc2ccccc2[nH]1. The normalized spacial score (nSPS) is 12.0. The second-order valence-electron chi connectivity index (χ2n) is 4.29. The molecule has 106 valence electrons. The van der Waals surface area contributed by atoms with E-state index in [2.05, 4.69) is 15.1 Å². The van der Waals surface area contributed by atoms with E-state index in [-0.39, 0.29) is 5.84 Å². The molecular formula is C14H11ClN4OS. The van der Waals surface area contributed by atoms with Crippen LogP contribution in [0.4, 0.5) is 0 Å². The molecule has 3 rings (SSSR count). The van der Waals surface area contributed by atoms with E-state index in [1.807, 2.05) is 30.3 Å². The molecule has 2 aromatic carbocycles. The van der Waals surface area contributed by atoms with E-state index < -0.39 is 0 Å². The van der Waals surface area contributed by atoms with Crippen LogP contribution in [-0.4, -0.2) is 21.0 Å². The molecule has 21 heavy (non-hydrogen) atoms. The molecule has 0 bridgehead atoms. The number of amidine groups is 1. The van der Waals surface area contributed by atoms with Crippen LogP contribution in [0.15, 0.2) is 57.7 Å². The first-order chi connectivity index (χ1) is 10.2. The Labute approximate surface area is 129 Å². The lowest BCUT2D eigenvalue weighted by Crippen LogP contribution is -2.14. The maximum Gasteiger partial charge on any atom is 0.171 e. The first kappa shape index (κ1) is 13.8. The third-order valence-corrected chi connectivity index (χ3v) is 4.10. The monoisotopic (exact) mass is 318 g/mol. The van der Waals surface area contributed by atoms with Gasteiger partial charge in [0, 0.05) is 15.5 Å². The number of aromatic amines is 1. The number of nitrogens with two attached hydrogens (primary N) is 1. The van der Waals surface area contributed by atoms with Crippen LogP contribution < -0.4 is 5.73 Å². The molecule has 0 radical (unpaired) electrons. The van der Waals surface area contributed by atoms with E-state index in [1.54, 1.807) is 12.1 Å².